The predicted molar refractivity (Wildman–Crippen MR) is 66.9 cm³/mol. The number of hydrogen-bond donors (Lipinski definition) is 1. The topological polar surface area (TPSA) is 73.2 Å². The second-order valence-corrected chi connectivity index (χ2v) is 6.55. The van der Waals surface area contributed by atoms with E-state index in [4.69, 9.17) is 5.26 Å². The molecule has 0 radical (unpaired) electrons. The minimum atomic E-state index is -3.04. The van der Waals surface area contributed by atoms with Crippen LogP contribution in [0.4, 0.5) is 0 Å². The summed E-state index contributed by atoms with van der Waals surface area (Å²) in [5.41, 5.74) is 0. The molecule has 5 nitrogen and oxygen atoms in total. The quantitative estimate of drug-likeness (QED) is 0.788. The van der Waals surface area contributed by atoms with Gasteiger partial charge in [0.15, 0.2) is 0 Å². The van der Waals surface area contributed by atoms with Crippen molar-refractivity contribution in [1.82, 2.24) is 9.62 Å². The number of nitrogens with zero attached hydrogens (tertiary/aromatic N) is 2. The van der Waals surface area contributed by atoms with Crippen LogP contribution in [0.1, 0.15) is 32.6 Å². The fraction of sp³-hybridized carbons (Fsp3) is 0.909. The van der Waals surface area contributed by atoms with Crippen molar-refractivity contribution in [3.63, 3.8) is 0 Å². The lowest BCUT2D eigenvalue weighted by atomic mass is 10.0. The van der Waals surface area contributed by atoms with Crippen LogP contribution in [0.25, 0.3) is 0 Å². The molecule has 1 N–H and O–H groups in total. The number of nitriles is 1. The van der Waals surface area contributed by atoms with Crippen LogP contribution in [0.15, 0.2) is 0 Å². The lowest BCUT2D eigenvalue weighted by Gasteiger charge is -2.32. The molecule has 1 heterocycles. The fourth-order valence-electron chi connectivity index (χ4n) is 2.12. The standard InChI is InChI=1S/C11H21N3O2S/c1-3-10(4-7-12)13-11-5-8-14(9-6-11)17(2,15)16/h10-11,13H,3-6,8-9H2,1-2H3. The summed E-state index contributed by atoms with van der Waals surface area (Å²) in [6.07, 6.45) is 4.36. The molecule has 1 aliphatic heterocycles. The van der Waals surface area contributed by atoms with E-state index in [1.54, 1.807) is 0 Å². The van der Waals surface area contributed by atoms with Gasteiger partial charge in [-0.3, -0.25) is 0 Å². The van der Waals surface area contributed by atoms with Gasteiger partial charge in [0.25, 0.3) is 0 Å². The number of hydrogen-bond acceptors (Lipinski definition) is 4. The molecular formula is C11H21N3O2S. The van der Waals surface area contributed by atoms with E-state index in [9.17, 15) is 8.42 Å². The molecular weight excluding hydrogens is 238 g/mol. The molecule has 98 valence electrons. The number of nitrogens with one attached hydrogen (secondary N) is 1. The van der Waals surface area contributed by atoms with Gasteiger partial charge in [-0.2, -0.15) is 5.26 Å². The third kappa shape index (κ3) is 4.62. The van der Waals surface area contributed by atoms with Gasteiger partial charge >= 0.3 is 0 Å². The van der Waals surface area contributed by atoms with Gasteiger partial charge < -0.3 is 5.32 Å². The highest BCUT2D eigenvalue weighted by Crippen LogP contribution is 2.14. The van der Waals surface area contributed by atoms with Crippen molar-refractivity contribution >= 4 is 10.0 Å². The first-order valence-corrected chi connectivity index (χ1v) is 7.90. The molecule has 0 aromatic rings. The van der Waals surface area contributed by atoms with E-state index in [2.05, 4.69) is 18.3 Å². The largest absolute Gasteiger partial charge is 0.310 e. The first kappa shape index (κ1) is 14.4. The Balaban J connectivity index is 2.40. The Bertz CT molecular complexity index is 367. The van der Waals surface area contributed by atoms with Crippen molar-refractivity contribution in [3.05, 3.63) is 0 Å². The maximum absolute atomic E-state index is 11.3. The average molecular weight is 259 g/mol. The summed E-state index contributed by atoms with van der Waals surface area (Å²) in [6.45, 7) is 3.22. The van der Waals surface area contributed by atoms with E-state index in [0.717, 1.165) is 19.3 Å². The molecule has 0 aromatic heterocycles. The van der Waals surface area contributed by atoms with Crippen molar-refractivity contribution in [2.75, 3.05) is 19.3 Å². The van der Waals surface area contributed by atoms with Crippen molar-refractivity contribution in [2.24, 2.45) is 0 Å². The fourth-order valence-corrected chi connectivity index (χ4v) is 2.99. The Morgan fingerprint density at radius 3 is 2.47 bits per heavy atom. The number of sulfonamides is 1. The SMILES string of the molecule is CCC(CC#N)NC1CCN(S(C)(=O)=O)CC1. The summed E-state index contributed by atoms with van der Waals surface area (Å²) in [5.74, 6) is 0. The van der Waals surface area contributed by atoms with Gasteiger partial charge in [-0.15, -0.1) is 0 Å². The van der Waals surface area contributed by atoms with Gasteiger partial charge in [0, 0.05) is 25.2 Å². The van der Waals surface area contributed by atoms with Gasteiger partial charge in [0.2, 0.25) is 10.0 Å². The van der Waals surface area contributed by atoms with Crippen molar-refractivity contribution < 1.29 is 8.42 Å². The van der Waals surface area contributed by atoms with Crippen LogP contribution < -0.4 is 5.32 Å². The monoisotopic (exact) mass is 259 g/mol. The molecule has 0 saturated carbocycles. The summed E-state index contributed by atoms with van der Waals surface area (Å²) in [5, 5.41) is 12.1. The van der Waals surface area contributed by atoms with Crippen LogP contribution in [-0.2, 0) is 10.0 Å². The van der Waals surface area contributed by atoms with E-state index in [0.29, 0.717) is 25.6 Å². The van der Waals surface area contributed by atoms with Crippen LogP contribution in [0.3, 0.4) is 0 Å². The maximum Gasteiger partial charge on any atom is 0.211 e. The molecule has 1 rings (SSSR count). The third-order valence-corrected chi connectivity index (χ3v) is 4.53. The van der Waals surface area contributed by atoms with E-state index in [-0.39, 0.29) is 6.04 Å². The van der Waals surface area contributed by atoms with E-state index < -0.39 is 10.0 Å². The second-order valence-electron chi connectivity index (χ2n) is 4.57. The first-order valence-electron chi connectivity index (χ1n) is 6.05. The zero-order valence-electron chi connectivity index (χ0n) is 10.5. The normalized spacial score (nSPS) is 21.0. The van der Waals surface area contributed by atoms with Gasteiger partial charge in [0.05, 0.1) is 18.7 Å². The molecule has 1 saturated heterocycles. The summed E-state index contributed by atoms with van der Waals surface area (Å²) >= 11 is 0. The molecule has 1 atom stereocenters. The third-order valence-electron chi connectivity index (χ3n) is 3.22. The summed E-state index contributed by atoms with van der Waals surface area (Å²) in [7, 11) is -3.04. The number of piperidine rings is 1. The van der Waals surface area contributed by atoms with Crippen LogP contribution >= 0.6 is 0 Å². The van der Waals surface area contributed by atoms with E-state index in [1.807, 2.05) is 0 Å². The van der Waals surface area contributed by atoms with Gasteiger partial charge in [-0.1, -0.05) is 6.92 Å². The van der Waals surface area contributed by atoms with Crippen LogP contribution in [0, 0.1) is 11.3 Å². The van der Waals surface area contributed by atoms with E-state index >= 15 is 0 Å². The molecule has 0 amide bonds. The summed E-state index contributed by atoms with van der Waals surface area (Å²) < 4.78 is 24.2. The second kappa shape index (κ2) is 6.34. The van der Waals surface area contributed by atoms with Gasteiger partial charge in [-0.25, -0.2) is 12.7 Å². The van der Waals surface area contributed by atoms with Crippen molar-refractivity contribution in [3.8, 4) is 6.07 Å². The van der Waals surface area contributed by atoms with E-state index in [1.165, 1.54) is 10.6 Å². The van der Waals surface area contributed by atoms with Crippen molar-refractivity contribution in [1.29, 1.82) is 5.26 Å². The molecule has 0 bridgehead atoms. The van der Waals surface area contributed by atoms with Crippen LogP contribution in [0.2, 0.25) is 0 Å². The Labute approximate surface area is 104 Å². The minimum absolute atomic E-state index is 0.231. The van der Waals surface area contributed by atoms with Crippen LogP contribution in [0.5, 0.6) is 0 Å². The minimum Gasteiger partial charge on any atom is -0.310 e. The molecule has 1 aliphatic rings. The van der Waals surface area contributed by atoms with Gasteiger partial charge in [0.1, 0.15) is 0 Å². The molecule has 1 fully saturated rings. The highest BCUT2D eigenvalue weighted by Gasteiger charge is 2.25. The Morgan fingerprint density at radius 2 is 2.06 bits per heavy atom. The lowest BCUT2D eigenvalue weighted by Crippen LogP contribution is -2.47. The predicted octanol–water partition coefficient (Wildman–Crippen LogP) is 0.692. The average Bonchev–Trinajstić information content (AvgIpc) is 2.28. The maximum atomic E-state index is 11.3. The summed E-state index contributed by atoms with van der Waals surface area (Å²) in [4.78, 5) is 0. The van der Waals surface area contributed by atoms with Gasteiger partial charge in [-0.05, 0) is 19.3 Å². The Morgan fingerprint density at radius 1 is 1.47 bits per heavy atom. The first-order chi connectivity index (χ1) is 7.97. The number of rotatable bonds is 5. The molecule has 1 unspecified atom stereocenters. The van der Waals surface area contributed by atoms with Crippen molar-refractivity contribution in [2.45, 2.75) is 44.7 Å². The summed E-state index contributed by atoms with van der Waals surface area (Å²) in [6, 6.07) is 2.74. The Hall–Kier alpha value is -0.640. The molecule has 0 aromatic carbocycles. The smallest absolute Gasteiger partial charge is 0.211 e. The molecule has 0 aliphatic carbocycles. The zero-order valence-corrected chi connectivity index (χ0v) is 11.3. The zero-order chi connectivity index (χ0) is 12.9. The lowest BCUT2D eigenvalue weighted by molar-refractivity contribution is 0.272. The molecule has 6 heteroatoms. The van der Waals surface area contributed by atoms with Crippen LogP contribution in [-0.4, -0.2) is 44.2 Å². The highest BCUT2D eigenvalue weighted by atomic mass is 32.2. The molecule has 17 heavy (non-hydrogen) atoms. The molecule has 0 spiro atoms. The Kier molecular flexibility index (Phi) is 5.37. The highest BCUT2D eigenvalue weighted by molar-refractivity contribution is 7.88.